The average molecular weight is 1950 g/mol. The molecule has 25 N–H and O–H groups in total. The molecule has 1 unspecified atom stereocenters. The Morgan fingerprint density at radius 1 is 0.518 bits per heavy atom. The summed E-state index contributed by atoms with van der Waals surface area (Å²) in [7, 11) is 0. The maximum Gasteiger partial charge on any atom is 0.330 e. The van der Waals surface area contributed by atoms with Crippen LogP contribution in [0.4, 0.5) is 0 Å². The van der Waals surface area contributed by atoms with E-state index in [0.717, 1.165) is 124 Å². The van der Waals surface area contributed by atoms with E-state index in [-0.39, 0.29) is 63.1 Å². The highest BCUT2D eigenvalue weighted by molar-refractivity contribution is 6.32. The van der Waals surface area contributed by atoms with Crippen LogP contribution in [0, 0.1) is 0 Å². The number of carboxylic acid groups (broad SMARTS) is 1. The number of nitrogens with one attached hydrogen (secondary N) is 9. The number of nitrogens with two attached hydrogens (primary N) is 1. The largest absolute Gasteiger partial charge is 0.508 e. The Bertz CT molecular complexity index is 5750. The van der Waals surface area contributed by atoms with Crippen LogP contribution in [-0.4, -0.2) is 255 Å². The van der Waals surface area contributed by atoms with E-state index in [2.05, 4.69) is 54.8 Å². The molecule has 10 aliphatic rings. The molecule has 137 heavy (non-hydrogen) atoms. The minimum absolute atomic E-state index is 0.0398. The molecule has 734 valence electrons. The molecular formula is C93H106Cl2N10O32. The van der Waals surface area contributed by atoms with Gasteiger partial charge in [0.1, 0.15) is 144 Å². The van der Waals surface area contributed by atoms with Gasteiger partial charge in [-0.25, -0.2) is 4.79 Å². The number of benzene rings is 7. The van der Waals surface area contributed by atoms with Crippen LogP contribution in [0.1, 0.15) is 171 Å². The standard InChI is InChI=1S/C93H106Cl2N10O32/c1-4-6-8-9-10-12-22-97-35-61-74(113)78(117)72(100-64(112)13-11-7-5-2)91(132-61)136-82-59-30-44-31-60(82)131-57-21-17-42(28-53(57)95)81(135-90-71(98-38(3)108)77(116)75(114)62(36-106)133-90)73-88(125)104-70(89(126)127)49-33-46(110)34-51-65(49)48-27-41(15-18-50(48)93(51,128)137-92-80(119)79(118)76(115)63(37-107)134-92)67(85(122)105-73)102-87(124)69(44)103-86(123)68-43-25-45(109)32-47(26-43)129-58-29-40(16-19-55(58)111)66(96)84(121)99-54(83(120)101-68)24-39-14-20-56(130-59)52(94)23-39/h14-21,23,25-34,54,61-63,66-81,90-92,97,106-107,109-111,113-119,128H,4-13,22,24,35-37,96H2,1-3H3,(H,98,108)(H,99,121)(H,100,112)(H,101,120)(H,102,124)(H,103,123)(H,104,125)(H,105,122)(H,126,127)/t54-,61-,62-,63-,66-,67-,68+,69-,70+,71-,72-,73+,74-,75-,76-,77-,78-,79+,80+,81-,90+,91+,92-,93?/m1/s1. The van der Waals surface area contributed by atoms with Gasteiger partial charge in [-0.15, -0.1) is 0 Å². The van der Waals surface area contributed by atoms with Gasteiger partial charge in [0, 0.05) is 43.5 Å². The third kappa shape index (κ3) is 21.2. The van der Waals surface area contributed by atoms with Crippen LogP contribution in [-0.2, 0) is 79.0 Å². The summed E-state index contributed by atoms with van der Waals surface area (Å²) < 4.78 is 58.6. The monoisotopic (exact) mass is 1940 g/mol. The molecule has 0 aromatic heterocycles. The zero-order valence-electron chi connectivity index (χ0n) is 73.8. The maximum atomic E-state index is 17.2. The molecule has 3 fully saturated rings. The molecule has 9 heterocycles. The van der Waals surface area contributed by atoms with Crippen molar-refractivity contribution in [1.29, 1.82) is 0 Å². The zero-order chi connectivity index (χ0) is 98.0. The first-order chi connectivity index (χ1) is 65.5. The Hall–Kier alpha value is -11.7. The molecule has 9 aliphatic heterocycles. The number of aliphatic hydroxyl groups is 10. The van der Waals surface area contributed by atoms with Gasteiger partial charge in [0.25, 0.3) is 0 Å². The Balaban J connectivity index is 0.991. The molecule has 17 rings (SSSR count). The lowest BCUT2D eigenvalue weighted by Gasteiger charge is -2.44. The Labute approximate surface area is 791 Å². The number of halogens is 2. The number of phenols is 3. The quantitative estimate of drug-likeness (QED) is 0.0304. The molecule has 0 saturated carbocycles. The molecule has 0 radical (unpaired) electrons. The number of hydrogen-bond acceptors (Lipinski definition) is 33. The highest BCUT2D eigenvalue weighted by atomic mass is 35.5. The van der Waals surface area contributed by atoms with Crippen molar-refractivity contribution in [2.45, 2.75) is 238 Å². The fourth-order valence-electron chi connectivity index (χ4n) is 17.9. The lowest BCUT2D eigenvalue weighted by Crippen LogP contribution is -2.66. The van der Waals surface area contributed by atoms with Crippen LogP contribution in [0.5, 0.6) is 57.5 Å². The van der Waals surface area contributed by atoms with Crippen LogP contribution >= 0.6 is 23.2 Å². The molecule has 17 bridgehead atoms. The number of aliphatic carboxylic acids is 1. The van der Waals surface area contributed by atoms with Crippen molar-refractivity contribution in [3.63, 3.8) is 0 Å². The number of carbonyl (C=O) groups is 9. The average Bonchev–Trinajstić information content (AvgIpc) is 1.55. The number of aromatic hydroxyl groups is 3. The molecule has 24 atom stereocenters. The number of amides is 8. The highest BCUT2D eigenvalue weighted by Crippen LogP contribution is 2.55. The minimum Gasteiger partial charge on any atom is -0.508 e. The Kier molecular flexibility index (Phi) is 30.8. The molecule has 7 aromatic rings. The van der Waals surface area contributed by atoms with E-state index in [9.17, 15) is 90.7 Å². The Morgan fingerprint density at radius 3 is 1.76 bits per heavy atom. The van der Waals surface area contributed by atoms with Crippen LogP contribution < -0.4 is 72.5 Å². The zero-order valence-corrected chi connectivity index (χ0v) is 75.3. The van der Waals surface area contributed by atoms with Crippen molar-refractivity contribution in [3.8, 4) is 68.6 Å². The van der Waals surface area contributed by atoms with E-state index in [1.807, 2.05) is 6.92 Å². The molecular weight excluding hydrogens is 1840 g/mol. The summed E-state index contributed by atoms with van der Waals surface area (Å²) in [6.45, 7) is 3.15. The van der Waals surface area contributed by atoms with Crippen molar-refractivity contribution in [2.24, 2.45) is 5.73 Å². The number of carbonyl (C=O) groups excluding carboxylic acids is 8. The molecule has 0 spiro atoms. The molecule has 42 nitrogen and oxygen atoms in total. The van der Waals surface area contributed by atoms with Crippen LogP contribution in [0.15, 0.2) is 115 Å². The number of aliphatic hydroxyl groups excluding tert-OH is 9. The first-order valence-corrected chi connectivity index (χ1v) is 45.5. The van der Waals surface area contributed by atoms with Gasteiger partial charge in [0.15, 0.2) is 41.6 Å². The molecule has 8 amide bonds. The first-order valence-electron chi connectivity index (χ1n) is 44.7. The lowest BCUT2D eigenvalue weighted by molar-refractivity contribution is -0.355. The summed E-state index contributed by atoms with van der Waals surface area (Å²) in [6, 6.07) is 2.13. The summed E-state index contributed by atoms with van der Waals surface area (Å²) in [5, 5.41) is 186. The Morgan fingerprint density at radius 2 is 1.09 bits per heavy atom. The summed E-state index contributed by atoms with van der Waals surface area (Å²) in [6.07, 6.45) is -21.3. The molecule has 1 aliphatic carbocycles. The maximum absolute atomic E-state index is 17.2. The second-order valence-corrected chi connectivity index (χ2v) is 35.6. The summed E-state index contributed by atoms with van der Waals surface area (Å²) in [5.74, 6) is -20.3. The number of rotatable bonds is 24. The summed E-state index contributed by atoms with van der Waals surface area (Å²) in [5.41, 5.74) is 2.60. The number of unbranched alkanes of at least 4 members (excludes halogenated alkanes) is 7. The number of hydrogen-bond donors (Lipinski definition) is 24. The van der Waals surface area contributed by atoms with Crippen LogP contribution in [0.25, 0.3) is 11.1 Å². The van der Waals surface area contributed by atoms with Crippen molar-refractivity contribution >= 4 is 76.4 Å². The topological polar surface area (TPSA) is 654 Å². The van der Waals surface area contributed by atoms with E-state index in [4.69, 9.17) is 71.6 Å². The van der Waals surface area contributed by atoms with Gasteiger partial charge in [-0.1, -0.05) is 112 Å². The first kappa shape index (κ1) is 99.7. The second kappa shape index (κ2) is 42.3. The number of carboxylic acids is 1. The summed E-state index contributed by atoms with van der Waals surface area (Å²) in [4.78, 5) is 139. The van der Waals surface area contributed by atoms with Gasteiger partial charge in [0.05, 0.1) is 23.3 Å². The van der Waals surface area contributed by atoms with Gasteiger partial charge in [0.2, 0.25) is 65.1 Å². The highest BCUT2D eigenvalue weighted by Gasteiger charge is 2.56. The van der Waals surface area contributed by atoms with Gasteiger partial charge in [-0.05, 0) is 148 Å². The van der Waals surface area contributed by atoms with Crippen LogP contribution in [0.2, 0.25) is 10.0 Å². The van der Waals surface area contributed by atoms with Crippen LogP contribution in [0.3, 0.4) is 0 Å². The predicted molar refractivity (Wildman–Crippen MR) is 476 cm³/mol. The molecule has 3 saturated heterocycles. The second-order valence-electron chi connectivity index (χ2n) is 34.8. The third-order valence-electron chi connectivity index (χ3n) is 25.2. The van der Waals surface area contributed by atoms with Gasteiger partial charge < -0.3 is 168 Å². The fourth-order valence-corrected chi connectivity index (χ4v) is 18.4. The lowest BCUT2D eigenvalue weighted by atomic mass is 9.90. The predicted octanol–water partition coefficient (Wildman–Crippen LogP) is 2.00. The molecule has 7 aromatic carbocycles. The van der Waals surface area contributed by atoms with Crippen molar-refractivity contribution < 1.29 is 157 Å². The number of phenolic OH excluding ortho intramolecular Hbond substituents is 3. The van der Waals surface area contributed by atoms with E-state index in [1.165, 1.54) is 30.3 Å². The van der Waals surface area contributed by atoms with E-state index < -0.39 is 298 Å². The summed E-state index contributed by atoms with van der Waals surface area (Å²) >= 11 is 14.9. The van der Waals surface area contributed by atoms with Gasteiger partial charge in [-0.2, -0.15) is 0 Å². The van der Waals surface area contributed by atoms with Gasteiger partial charge >= 0.3 is 5.97 Å². The molecule has 44 heteroatoms. The normalized spacial score (nSPS) is 29.6. The van der Waals surface area contributed by atoms with E-state index in [0.29, 0.717) is 32.2 Å². The number of fused-ring (bicyclic) bond motifs is 11. The van der Waals surface area contributed by atoms with Crippen molar-refractivity contribution in [1.82, 2.24) is 47.9 Å². The third-order valence-corrected chi connectivity index (χ3v) is 25.8. The minimum atomic E-state index is -3.17. The SMILES string of the molecule is CCCCCCCCNC[C@H]1O[C@@H](Oc2c3cc4cc2Oc2ccc(cc2Cl)[C@@H](O[C@@H]2O[C@H](CO)[C@@H](O)[C@H](O)[C@H]2NC(C)=O)[C@@H]2NC(=O)[C@H](NC(=O)[C@@H]4NC(=O)[C@H]4NC(=O)[C@@H](Cc5ccc(c(Cl)c5)O3)NC(=O)[C@H](N)c3ccc(O)c(c3)Oc3cc(O)cc4c3)c3ccc4c(c3)-c3c(cc(O)cc3C4(O)O[C@H]3O[C@H](CO)[C@@H](O)[C@H](O)[C@@H]3O)[C@@H](C(=O)O)NC2=O)[C@H](NC(=O)CCCCC)[C@@H](O)[C@@H]1O. The fraction of sp³-hybridized carbons (Fsp3) is 0.452. The van der Waals surface area contributed by atoms with Crippen molar-refractivity contribution in [3.05, 3.63) is 175 Å². The van der Waals surface area contributed by atoms with E-state index >= 15 is 24.0 Å². The van der Waals surface area contributed by atoms with Gasteiger partial charge in [-0.3, -0.25) is 38.4 Å². The van der Waals surface area contributed by atoms with E-state index in [1.54, 1.807) is 0 Å². The number of ether oxygens (including phenoxy) is 9. The smallest absolute Gasteiger partial charge is 0.330 e. The van der Waals surface area contributed by atoms with Crippen molar-refractivity contribution in [2.75, 3.05) is 26.3 Å².